The lowest BCUT2D eigenvalue weighted by molar-refractivity contribution is 0.437. The number of nitrogens with one attached hydrogen (secondary N) is 2. The van der Waals surface area contributed by atoms with Gasteiger partial charge in [-0.05, 0) is 24.9 Å². The van der Waals surface area contributed by atoms with Gasteiger partial charge in [-0.25, -0.2) is 0 Å². The van der Waals surface area contributed by atoms with Gasteiger partial charge >= 0.3 is 0 Å². The van der Waals surface area contributed by atoms with E-state index in [2.05, 4.69) is 41.0 Å². The van der Waals surface area contributed by atoms with Crippen LogP contribution in [-0.2, 0) is 0 Å². The number of hydrogen-bond donors (Lipinski definition) is 2. The van der Waals surface area contributed by atoms with Crippen molar-refractivity contribution < 1.29 is 0 Å². The van der Waals surface area contributed by atoms with E-state index < -0.39 is 0 Å². The predicted molar refractivity (Wildman–Crippen MR) is 59.3 cm³/mol. The molecule has 0 aliphatic carbocycles. The summed E-state index contributed by atoms with van der Waals surface area (Å²) in [5.41, 5.74) is 1.43. The zero-order valence-electron chi connectivity index (χ0n) is 8.50. The molecule has 0 radical (unpaired) electrons. The summed E-state index contributed by atoms with van der Waals surface area (Å²) in [6.45, 7) is 3.31. The van der Waals surface area contributed by atoms with Crippen molar-refractivity contribution in [1.82, 2.24) is 10.6 Å². The first-order valence-corrected chi connectivity index (χ1v) is 5.46. The van der Waals surface area contributed by atoms with Crippen molar-refractivity contribution >= 4 is 0 Å². The van der Waals surface area contributed by atoms with Gasteiger partial charge < -0.3 is 10.6 Å². The Morgan fingerprint density at radius 1 is 1.00 bits per heavy atom. The molecule has 0 amide bonds. The van der Waals surface area contributed by atoms with Gasteiger partial charge in [0.25, 0.3) is 0 Å². The summed E-state index contributed by atoms with van der Waals surface area (Å²) in [5, 5.41) is 6.97. The fourth-order valence-corrected chi connectivity index (χ4v) is 1.96. The lowest BCUT2D eigenvalue weighted by Gasteiger charge is -2.22. The largest absolute Gasteiger partial charge is 0.315 e. The molecule has 0 bridgehead atoms. The van der Waals surface area contributed by atoms with Crippen molar-refractivity contribution in [3.05, 3.63) is 35.9 Å². The van der Waals surface area contributed by atoms with Crippen molar-refractivity contribution in [3.8, 4) is 0 Å². The second-order valence-corrected chi connectivity index (χ2v) is 3.81. The third-order valence-corrected chi connectivity index (χ3v) is 2.74. The van der Waals surface area contributed by atoms with Crippen LogP contribution in [0.15, 0.2) is 30.3 Å². The van der Waals surface area contributed by atoms with Gasteiger partial charge in [-0.2, -0.15) is 0 Å². The Bertz CT molecular complexity index is 250. The minimum atomic E-state index is 0.554. The Labute approximate surface area is 85.7 Å². The van der Waals surface area contributed by atoms with Crippen LogP contribution in [0.4, 0.5) is 0 Å². The van der Waals surface area contributed by atoms with Crippen LogP contribution in [-0.4, -0.2) is 19.6 Å². The average molecular weight is 190 g/mol. The summed E-state index contributed by atoms with van der Waals surface area (Å²) in [4.78, 5) is 0. The van der Waals surface area contributed by atoms with Crippen molar-refractivity contribution in [2.24, 2.45) is 0 Å². The van der Waals surface area contributed by atoms with Crippen LogP contribution >= 0.6 is 0 Å². The zero-order chi connectivity index (χ0) is 9.64. The van der Waals surface area contributed by atoms with Gasteiger partial charge in [0.15, 0.2) is 0 Å². The highest BCUT2D eigenvalue weighted by atomic mass is 15.0. The molecule has 1 heterocycles. The van der Waals surface area contributed by atoms with Gasteiger partial charge in [0.05, 0.1) is 0 Å². The van der Waals surface area contributed by atoms with Crippen molar-refractivity contribution in [1.29, 1.82) is 0 Å². The zero-order valence-corrected chi connectivity index (χ0v) is 8.50. The molecular weight excluding hydrogens is 172 g/mol. The van der Waals surface area contributed by atoms with Crippen LogP contribution in [0.5, 0.6) is 0 Å². The van der Waals surface area contributed by atoms with E-state index >= 15 is 0 Å². The molecule has 2 rings (SSSR count). The first kappa shape index (κ1) is 9.69. The molecule has 2 heteroatoms. The van der Waals surface area contributed by atoms with Gasteiger partial charge in [0, 0.05) is 19.1 Å². The van der Waals surface area contributed by atoms with Crippen molar-refractivity contribution in [2.45, 2.75) is 18.9 Å². The van der Waals surface area contributed by atoms with Gasteiger partial charge in [-0.3, -0.25) is 0 Å². The molecule has 0 spiro atoms. The van der Waals surface area contributed by atoms with Crippen molar-refractivity contribution in [2.75, 3.05) is 19.6 Å². The van der Waals surface area contributed by atoms with Crippen LogP contribution in [0.1, 0.15) is 24.4 Å². The van der Waals surface area contributed by atoms with E-state index in [4.69, 9.17) is 0 Å². The molecule has 0 aromatic heterocycles. The van der Waals surface area contributed by atoms with Gasteiger partial charge in [-0.1, -0.05) is 30.3 Å². The molecule has 1 fully saturated rings. The quantitative estimate of drug-likeness (QED) is 0.704. The molecule has 1 aromatic rings. The van der Waals surface area contributed by atoms with E-state index in [-0.39, 0.29) is 0 Å². The topological polar surface area (TPSA) is 24.1 Å². The van der Waals surface area contributed by atoms with Gasteiger partial charge in [-0.15, -0.1) is 0 Å². The highest BCUT2D eigenvalue weighted by Crippen LogP contribution is 2.18. The van der Waals surface area contributed by atoms with Gasteiger partial charge in [0.1, 0.15) is 0 Å². The van der Waals surface area contributed by atoms with E-state index in [0.717, 1.165) is 19.6 Å². The van der Waals surface area contributed by atoms with E-state index in [1.807, 2.05) is 0 Å². The highest BCUT2D eigenvalue weighted by molar-refractivity contribution is 5.18. The third-order valence-electron chi connectivity index (χ3n) is 2.74. The van der Waals surface area contributed by atoms with Crippen molar-refractivity contribution in [3.63, 3.8) is 0 Å². The normalized spacial score (nSPS) is 23.9. The summed E-state index contributed by atoms with van der Waals surface area (Å²) in [6, 6.07) is 11.3. The molecule has 1 atom stereocenters. The molecule has 2 N–H and O–H groups in total. The Kier molecular flexibility index (Phi) is 3.55. The molecular formula is C12H18N2. The fourth-order valence-electron chi connectivity index (χ4n) is 1.96. The van der Waals surface area contributed by atoms with E-state index in [1.54, 1.807) is 0 Å². The number of benzene rings is 1. The Hall–Kier alpha value is -0.860. The van der Waals surface area contributed by atoms with Crippen LogP contribution in [0.25, 0.3) is 0 Å². The van der Waals surface area contributed by atoms with Crippen LogP contribution < -0.4 is 10.6 Å². The summed E-state index contributed by atoms with van der Waals surface area (Å²) in [5.74, 6) is 0. The lowest BCUT2D eigenvalue weighted by Crippen LogP contribution is -2.34. The number of rotatable bonds is 1. The molecule has 1 saturated heterocycles. The summed E-state index contributed by atoms with van der Waals surface area (Å²) in [6.07, 6.45) is 2.49. The SMILES string of the molecule is c1ccc(C2CCCNCCN2)cc1. The second kappa shape index (κ2) is 5.13. The molecule has 1 aromatic carbocycles. The average Bonchev–Trinajstić information content (AvgIpc) is 2.18. The molecule has 1 aliphatic heterocycles. The standard InChI is InChI=1S/C12H18N2/c1-2-5-11(6-3-1)12-7-4-8-13-9-10-14-12/h1-3,5-6,12-14H,4,7-10H2. The molecule has 2 nitrogen and oxygen atoms in total. The van der Waals surface area contributed by atoms with Crippen LogP contribution in [0.3, 0.4) is 0 Å². The lowest BCUT2D eigenvalue weighted by atomic mass is 10.0. The van der Waals surface area contributed by atoms with E-state index in [0.29, 0.717) is 6.04 Å². The first-order chi connectivity index (χ1) is 6.97. The Morgan fingerprint density at radius 3 is 2.71 bits per heavy atom. The smallest absolute Gasteiger partial charge is 0.0321 e. The Morgan fingerprint density at radius 2 is 1.86 bits per heavy atom. The van der Waals surface area contributed by atoms with Gasteiger partial charge in [0.2, 0.25) is 0 Å². The second-order valence-electron chi connectivity index (χ2n) is 3.81. The summed E-state index contributed by atoms with van der Waals surface area (Å²) >= 11 is 0. The molecule has 1 aliphatic rings. The molecule has 0 saturated carbocycles. The number of hydrogen-bond acceptors (Lipinski definition) is 2. The first-order valence-electron chi connectivity index (χ1n) is 5.46. The summed E-state index contributed by atoms with van der Waals surface area (Å²) < 4.78 is 0. The monoisotopic (exact) mass is 190 g/mol. The van der Waals surface area contributed by atoms with Crippen LogP contribution in [0, 0.1) is 0 Å². The fraction of sp³-hybridized carbons (Fsp3) is 0.500. The molecule has 1 unspecified atom stereocenters. The molecule has 14 heavy (non-hydrogen) atoms. The maximum absolute atomic E-state index is 3.58. The van der Waals surface area contributed by atoms with E-state index in [9.17, 15) is 0 Å². The summed E-state index contributed by atoms with van der Waals surface area (Å²) in [7, 11) is 0. The third kappa shape index (κ3) is 2.56. The highest BCUT2D eigenvalue weighted by Gasteiger charge is 2.11. The minimum Gasteiger partial charge on any atom is -0.315 e. The molecule has 76 valence electrons. The maximum Gasteiger partial charge on any atom is 0.0321 e. The maximum atomic E-state index is 3.58. The van der Waals surface area contributed by atoms with Crippen LogP contribution in [0.2, 0.25) is 0 Å². The predicted octanol–water partition coefficient (Wildman–Crippen LogP) is 1.70. The minimum absolute atomic E-state index is 0.554. The van der Waals surface area contributed by atoms with E-state index in [1.165, 1.54) is 18.4 Å². The Balaban J connectivity index is 2.01.